The Labute approximate surface area is 98.2 Å². The Bertz CT molecular complexity index is 299. The molecule has 0 radical (unpaired) electrons. The van der Waals surface area contributed by atoms with Crippen LogP contribution in [0.15, 0.2) is 30.3 Å². The number of carbonyl (C=O) groups is 1. The number of hydrogen-bond donors (Lipinski definition) is 0. The van der Waals surface area contributed by atoms with Gasteiger partial charge in [0.25, 0.3) is 0 Å². The molecule has 0 aliphatic heterocycles. The van der Waals surface area contributed by atoms with Crippen molar-refractivity contribution in [3.8, 4) is 0 Å². The van der Waals surface area contributed by atoms with E-state index >= 15 is 0 Å². The predicted octanol–water partition coefficient (Wildman–Crippen LogP) is 4.11. The maximum Gasteiger partial charge on any atom is 0.378 e. The van der Waals surface area contributed by atoms with E-state index in [9.17, 15) is 4.79 Å². The Morgan fingerprint density at radius 1 is 1.33 bits per heavy atom. The van der Waals surface area contributed by atoms with Crippen molar-refractivity contribution in [2.45, 2.75) is 25.7 Å². The van der Waals surface area contributed by atoms with E-state index in [2.05, 4.69) is 0 Å². The summed E-state index contributed by atoms with van der Waals surface area (Å²) >= 11 is 0. The van der Waals surface area contributed by atoms with Crippen molar-refractivity contribution in [3.05, 3.63) is 35.9 Å². The second-order valence-corrected chi connectivity index (χ2v) is 5.48. The van der Waals surface area contributed by atoms with Gasteiger partial charge in [-0.3, -0.25) is 0 Å². The van der Waals surface area contributed by atoms with Gasteiger partial charge in [0.2, 0.25) is 0 Å². The first kappa shape index (κ1) is 12.5. The van der Waals surface area contributed by atoms with Gasteiger partial charge in [-0.2, -0.15) is 0 Å². The lowest BCUT2D eigenvalue weighted by Crippen LogP contribution is -2.05. The quantitative estimate of drug-likeness (QED) is 0.586. The van der Waals surface area contributed by atoms with Gasteiger partial charge < -0.3 is 4.74 Å². The molecule has 0 amide bonds. The molecule has 15 heavy (non-hydrogen) atoms. The molecule has 4 heteroatoms. The minimum absolute atomic E-state index is 0.0395. The maximum absolute atomic E-state index is 11.2. The molecule has 0 unspecified atom stereocenters. The van der Waals surface area contributed by atoms with Crippen LogP contribution in [0.2, 0.25) is 0 Å². The summed E-state index contributed by atoms with van der Waals surface area (Å²) in [5.74, 6) is 0.818. The van der Waals surface area contributed by atoms with Gasteiger partial charge >= 0.3 is 5.30 Å². The van der Waals surface area contributed by atoms with E-state index in [4.69, 9.17) is 4.74 Å². The maximum atomic E-state index is 11.2. The summed E-state index contributed by atoms with van der Waals surface area (Å²) in [7, 11) is 2.65. The smallest absolute Gasteiger partial charge is 0.378 e. The Kier molecular flexibility index (Phi) is 5.65. The Morgan fingerprint density at radius 2 is 2.00 bits per heavy atom. The highest BCUT2D eigenvalue weighted by Crippen LogP contribution is 2.27. The monoisotopic (exact) mass is 242 g/mol. The zero-order chi connectivity index (χ0) is 11.1. The minimum Gasteiger partial charge on any atom is -0.454 e. The molecule has 0 atom stereocenters. The minimum atomic E-state index is -0.217. The molecule has 0 aromatic heterocycles. The fourth-order valence-electron chi connectivity index (χ4n) is 0.932. The Hall–Kier alpha value is -0.610. The van der Waals surface area contributed by atoms with E-state index in [0.717, 1.165) is 16.5 Å². The van der Waals surface area contributed by atoms with Crippen molar-refractivity contribution < 1.29 is 9.53 Å². The van der Waals surface area contributed by atoms with Crippen LogP contribution in [-0.4, -0.2) is 11.4 Å². The summed E-state index contributed by atoms with van der Waals surface area (Å²) in [5, 5.41) is -0.217. The van der Waals surface area contributed by atoms with Gasteiger partial charge in [0.1, 0.15) is 0 Å². The summed E-state index contributed by atoms with van der Waals surface area (Å²) in [6, 6.07) is 10.1. The van der Waals surface area contributed by atoms with Crippen LogP contribution in [0.25, 0.3) is 0 Å². The average molecular weight is 242 g/mol. The van der Waals surface area contributed by atoms with Crippen molar-refractivity contribution in [1.82, 2.24) is 0 Å². The number of carbonyl (C=O) groups excluding carboxylic acids is 1. The highest BCUT2D eigenvalue weighted by Gasteiger charge is 2.06. The van der Waals surface area contributed by atoms with E-state index in [0.29, 0.717) is 0 Å². The predicted molar refractivity (Wildman–Crippen MR) is 66.9 cm³/mol. The Balaban J connectivity index is 2.19. The summed E-state index contributed by atoms with van der Waals surface area (Å²) in [6.45, 7) is 3.70. The van der Waals surface area contributed by atoms with Gasteiger partial charge in [0, 0.05) is 16.5 Å². The standard InChI is InChI=1S/C11H14O2S2/c1-9(2)13-11(12)15-14-8-10-6-4-3-5-7-10/h3-7,9H,8H2,1-2H3. The molecule has 2 nitrogen and oxygen atoms in total. The molecule has 0 fully saturated rings. The highest BCUT2D eigenvalue weighted by molar-refractivity contribution is 8.81. The van der Waals surface area contributed by atoms with Crippen molar-refractivity contribution in [2.24, 2.45) is 0 Å². The van der Waals surface area contributed by atoms with Crippen LogP contribution in [0.3, 0.4) is 0 Å². The van der Waals surface area contributed by atoms with Crippen LogP contribution in [0, 0.1) is 0 Å². The molecular weight excluding hydrogens is 228 g/mol. The lowest BCUT2D eigenvalue weighted by Gasteiger charge is -2.06. The second kappa shape index (κ2) is 6.80. The third kappa shape index (κ3) is 5.74. The van der Waals surface area contributed by atoms with Crippen LogP contribution in [0.5, 0.6) is 0 Å². The van der Waals surface area contributed by atoms with E-state index in [1.54, 1.807) is 0 Å². The fourth-order valence-corrected chi connectivity index (χ4v) is 2.64. The molecule has 0 N–H and O–H groups in total. The average Bonchev–Trinajstić information content (AvgIpc) is 2.18. The largest absolute Gasteiger partial charge is 0.454 e. The topological polar surface area (TPSA) is 26.3 Å². The molecule has 1 rings (SSSR count). The molecule has 82 valence electrons. The lowest BCUT2D eigenvalue weighted by atomic mass is 10.2. The van der Waals surface area contributed by atoms with E-state index in [1.807, 2.05) is 44.2 Å². The van der Waals surface area contributed by atoms with Gasteiger partial charge in [-0.15, -0.1) is 0 Å². The normalized spacial score (nSPS) is 10.3. The first-order valence-corrected chi connectivity index (χ1v) is 7.04. The van der Waals surface area contributed by atoms with E-state index in [-0.39, 0.29) is 11.4 Å². The second-order valence-electron chi connectivity index (χ2n) is 3.25. The van der Waals surface area contributed by atoms with Crippen molar-refractivity contribution in [3.63, 3.8) is 0 Å². The molecule has 0 spiro atoms. The van der Waals surface area contributed by atoms with E-state index < -0.39 is 0 Å². The molecule has 0 heterocycles. The van der Waals surface area contributed by atoms with Gasteiger partial charge in [-0.1, -0.05) is 41.1 Å². The van der Waals surface area contributed by atoms with Crippen LogP contribution in [-0.2, 0) is 10.5 Å². The van der Waals surface area contributed by atoms with Crippen LogP contribution < -0.4 is 0 Å². The molecule has 0 saturated carbocycles. The fraction of sp³-hybridized carbons (Fsp3) is 0.364. The zero-order valence-electron chi connectivity index (χ0n) is 8.80. The van der Waals surface area contributed by atoms with Gasteiger partial charge in [-0.05, 0) is 19.4 Å². The first-order chi connectivity index (χ1) is 7.18. The van der Waals surface area contributed by atoms with Gasteiger partial charge in [-0.25, -0.2) is 4.79 Å². The first-order valence-electron chi connectivity index (χ1n) is 4.72. The van der Waals surface area contributed by atoms with Crippen molar-refractivity contribution >= 4 is 26.9 Å². The molecular formula is C11H14O2S2. The summed E-state index contributed by atoms with van der Waals surface area (Å²) in [4.78, 5) is 11.2. The van der Waals surface area contributed by atoms with Crippen molar-refractivity contribution in [2.75, 3.05) is 0 Å². The third-order valence-electron chi connectivity index (χ3n) is 1.53. The number of rotatable bonds is 4. The third-order valence-corrected chi connectivity index (χ3v) is 3.44. The number of hydrogen-bond acceptors (Lipinski definition) is 4. The lowest BCUT2D eigenvalue weighted by molar-refractivity contribution is 0.143. The van der Waals surface area contributed by atoms with Gasteiger partial charge in [0.05, 0.1) is 6.10 Å². The number of ether oxygens (including phenoxy) is 1. The van der Waals surface area contributed by atoms with Gasteiger partial charge in [0.15, 0.2) is 0 Å². The Morgan fingerprint density at radius 3 is 2.60 bits per heavy atom. The molecule has 0 aliphatic rings. The summed E-state index contributed by atoms with van der Waals surface area (Å²) in [5.41, 5.74) is 1.22. The van der Waals surface area contributed by atoms with Crippen LogP contribution >= 0.6 is 21.6 Å². The summed E-state index contributed by atoms with van der Waals surface area (Å²) < 4.78 is 4.99. The molecule has 1 aromatic rings. The zero-order valence-corrected chi connectivity index (χ0v) is 10.4. The highest BCUT2D eigenvalue weighted by atomic mass is 33.1. The molecule has 0 bridgehead atoms. The van der Waals surface area contributed by atoms with Crippen molar-refractivity contribution in [1.29, 1.82) is 0 Å². The van der Waals surface area contributed by atoms with Crippen LogP contribution in [0.1, 0.15) is 19.4 Å². The SMILES string of the molecule is CC(C)OC(=O)SSCc1ccccc1. The summed E-state index contributed by atoms with van der Waals surface area (Å²) in [6.07, 6.45) is -0.0395. The van der Waals surface area contributed by atoms with Crippen LogP contribution in [0.4, 0.5) is 4.79 Å². The number of benzene rings is 1. The van der Waals surface area contributed by atoms with E-state index in [1.165, 1.54) is 16.4 Å². The molecule has 1 aromatic carbocycles. The molecule has 0 aliphatic carbocycles. The molecule has 0 saturated heterocycles.